The zero-order valence-electron chi connectivity index (χ0n) is 7.46. The number of carbonyl (C=O) groups excluding carboxylic acids is 1. The molecule has 0 saturated heterocycles. The third-order valence-electron chi connectivity index (χ3n) is 2.02. The second-order valence-corrected chi connectivity index (χ2v) is 3.71. The molecule has 0 aliphatic heterocycles. The molecule has 0 bridgehead atoms. The fourth-order valence-corrected chi connectivity index (χ4v) is 1.30. The first-order valence-electron chi connectivity index (χ1n) is 4.38. The Kier molecular flexibility index (Phi) is 2.29. The van der Waals surface area contributed by atoms with Crippen LogP contribution >= 0.6 is 11.6 Å². The normalized spacial score (nSPS) is 15.2. The summed E-state index contributed by atoms with van der Waals surface area (Å²) in [6.07, 6.45) is 3.51. The van der Waals surface area contributed by atoms with E-state index < -0.39 is 0 Å². The molecule has 1 aromatic heterocycles. The lowest BCUT2D eigenvalue weighted by atomic mass is 10.2. The number of aromatic nitrogens is 1. The van der Waals surface area contributed by atoms with E-state index in [1.54, 1.807) is 0 Å². The van der Waals surface area contributed by atoms with Crippen molar-refractivity contribution >= 4 is 23.2 Å². The van der Waals surface area contributed by atoms with Gasteiger partial charge in [-0.05, 0) is 18.9 Å². The molecule has 74 valence electrons. The molecule has 0 aromatic carbocycles. The third-order valence-corrected chi connectivity index (χ3v) is 2.32. The molecule has 0 spiro atoms. The molecule has 1 amide bonds. The van der Waals surface area contributed by atoms with Crippen molar-refractivity contribution in [1.29, 1.82) is 0 Å². The molecular formula is C9H10ClN3O. The number of pyridine rings is 1. The van der Waals surface area contributed by atoms with Gasteiger partial charge in [0.25, 0.3) is 5.91 Å². The highest BCUT2D eigenvalue weighted by atomic mass is 35.5. The molecule has 1 aromatic rings. The topological polar surface area (TPSA) is 68.0 Å². The molecule has 3 N–H and O–H groups in total. The van der Waals surface area contributed by atoms with Gasteiger partial charge in [0.15, 0.2) is 0 Å². The summed E-state index contributed by atoms with van der Waals surface area (Å²) in [4.78, 5) is 15.4. The van der Waals surface area contributed by atoms with Crippen LogP contribution in [0.5, 0.6) is 0 Å². The van der Waals surface area contributed by atoms with Gasteiger partial charge in [-0.15, -0.1) is 0 Å². The van der Waals surface area contributed by atoms with E-state index in [0.29, 0.717) is 17.3 Å². The molecule has 1 saturated carbocycles. The second-order valence-electron chi connectivity index (χ2n) is 3.35. The van der Waals surface area contributed by atoms with Crippen LogP contribution in [-0.4, -0.2) is 16.9 Å². The van der Waals surface area contributed by atoms with Gasteiger partial charge in [0.2, 0.25) is 0 Å². The minimum absolute atomic E-state index is 0.192. The molecule has 5 heteroatoms. The molecule has 14 heavy (non-hydrogen) atoms. The predicted octanol–water partition coefficient (Wildman–Crippen LogP) is 1.21. The number of nitrogens with two attached hydrogens (primary N) is 1. The Bertz CT molecular complexity index is 376. The SMILES string of the molecule is Nc1cnc(Cl)c(C(=O)NC2CC2)c1. The van der Waals surface area contributed by atoms with Crippen molar-refractivity contribution < 1.29 is 4.79 Å². The average molecular weight is 212 g/mol. The number of halogens is 1. The summed E-state index contributed by atoms with van der Waals surface area (Å²) >= 11 is 5.77. The summed E-state index contributed by atoms with van der Waals surface area (Å²) in [5.41, 5.74) is 6.30. The van der Waals surface area contributed by atoms with Gasteiger partial charge in [0.05, 0.1) is 17.4 Å². The van der Waals surface area contributed by atoms with Crippen molar-refractivity contribution in [2.75, 3.05) is 5.73 Å². The van der Waals surface area contributed by atoms with Crippen molar-refractivity contribution in [2.45, 2.75) is 18.9 Å². The van der Waals surface area contributed by atoms with Crippen molar-refractivity contribution in [1.82, 2.24) is 10.3 Å². The van der Waals surface area contributed by atoms with Gasteiger partial charge in [-0.25, -0.2) is 4.98 Å². The largest absolute Gasteiger partial charge is 0.397 e. The van der Waals surface area contributed by atoms with E-state index >= 15 is 0 Å². The van der Waals surface area contributed by atoms with E-state index in [2.05, 4.69) is 10.3 Å². The van der Waals surface area contributed by atoms with Gasteiger partial charge < -0.3 is 11.1 Å². The van der Waals surface area contributed by atoms with Crippen LogP contribution in [0.2, 0.25) is 5.15 Å². The maximum atomic E-state index is 11.6. The average Bonchev–Trinajstić information content (AvgIpc) is 2.93. The van der Waals surface area contributed by atoms with Crippen LogP contribution < -0.4 is 11.1 Å². The molecule has 2 rings (SSSR count). The Balaban J connectivity index is 2.20. The van der Waals surface area contributed by atoms with Crippen molar-refractivity contribution in [3.05, 3.63) is 23.0 Å². The molecule has 1 heterocycles. The second kappa shape index (κ2) is 3.46. The van der Waals surface area contributed by atoms with E-state index in [1.165, 1.54) is 12.3 Å². The summed E-state index contributed by atoms with van der Waals surface area (Å²) in [6.45, 7) is 0. The first-order valence-corrected chi connectivity index (χ1v) is 4.76. The number of nitrogen functional groups attached to an aromatic ring is 1. The molecule has 1 aliphatic carbocycles. The number of amides is 1. The van der Waals surface area contributed by atoms with E-state index in [-0.39, 0.29) is 11.1 Å². The van der Waals surface area contributed by atoms with Crippen LogP contribution in [-0.2, 0) is 0 Å². The standard InChI is InChI=1S/C9H10ClN3O/c10-8-7(3-5(11)4-12-8)9(14)13-6-1-2-6/h3-4,6H,1-2,11H2,(H,13,14). The molecule has 1 fully saturated rings. The van der Waals surface area contributed by atoms with Gasteiger partial charge in [0.1, 0.15) is 5.15 Å². The molecule has 1 aliphatic rings. The Morgan fingerprint density at radius 3 is 3.00 bits per heavy atom. The third kappa shape index (κ3) is 1.96. The van der Waals surface area contributed by atoms with Crippen molar-refractivity contribution in [3.8, 4) is 0 Å². The maximum absolute atomic E-state index is 11.6. The van der Waals surface area contributed by atoms with Crippen LogP contribution in [0.15, 0.2) is 12.3 Å². The summed E-state index contributed by atoms with van der Waals surface area (Å²) in [6, 6.07) is 1.84. The van der Waals surface area contributed by atoms with E-state index in [9.17, 15) is 4.79 Å². The number of hydrogen-bond acceptors (Lipinski definition) is 3. The molecule has 0 radical (unpaired) electrons. The number of carbonyl (C=O) groups is 1. The first kappa shape index (κ1) is 9.27. The zero-order valence-corrected chi connectivity index (χ0v) is 8.21. The zero-order chi connectivity index (χ0) is 10.1. The van der Waals surface area contributed by atoms with Gasteiger partial charge in [-0.2, -0.15) is 0 Å². The monoisotopic (exact) mass is 211 g/mol. The van der Waals surface area contributed by atoms with Crippen LogP contribution in [0.4, 0.5) is 5.69 Å². The van der Waals surface area contributed by atoms with Gasteiger partial charge in [0, 0.05) is 6.04 Å². The molecular weight excluding hydrogens is 202 g/mol. The lowest BCUT2D eigenvalue weighted by Gasteiger charge is -2.04. The number of anilines is 1. The predicted molar refractivity (Wildman–Crippen MR) is 54.1 cm³/mol. The van der Waals surface area contributed by atoms with E-state index in [0.717, 1.165) is 12.8 Å². The van der Waals surface area contributed by atoms with Gasteiger partial charge >= 0.3 is 0 Å². The van der Waals surface area contributed by atoms with Gasteiger partial charge in [-0.3, -0.25) is 4.79 Å². The van der Waals surface area contributed by atoms with Crippen molar-refractivity contribution in [2.24, 2.45) is 0 Å². The number of nitrogens with one attached hydrogen (secondary N) is 1. The smallest absolute Gasteiger partial charge is 0.254 e. The Morgan fingerprint density at radius 2 is 2.36 bits per heavy atom. The summed E-state index contributed by atoms with van der Waals surface area (Å²) in [7, 11) is 0. The van der Waals surface area contributed by atoms with Gasteiger partial charge in [-0.1, -0.05) is 11.6 Å². The number of rotatable bonds is 2. The minimum atomic E-state index is -0.197. The van der Waals surface area contributed by atoms with Crippen LogP contribution in [0, 0.1) is 0 Å². The number of nitrogens with zero attached hydrogens (tertiary/aromatic N) is 1. The lowest BCUT2D eigenvalue weighted by molar-refractivity contribution is 0.0951. The fraction of sp³-hybridized carbons (Fsp3) is 0.333. The van der Waals surface area contributed by atoms with Crippen LogP contribution in [0.3, 0.4) is 0 Å². The van der Waals surface area contributed by atoms with Crippen molar-refractivity contribution in [3.63, 3.8) is 0 Å². The Hall–Kier alpha value is -1.29. The van der Waals surface area contributed by atoms with E-state index in [4.69, 9.17) is 17.3 Å². The Morgan fingerprint density at radius 1 is 1.64 bits per heavy atom. The number of hydrogen-bond donors (Lipinski definition) is 2. The fourth-order valence-electron chi connectivity index (χ4n) is 1.11. The summed E-state index contributed by atoms with van der Waals surface area (Å²) < 4.78 is 0. The highest BCUT2D eigenvalue weighted by Crippen LogP contribution is 2.21. The molecule has 0 unspecified atom stereocenters. The van der Waals surface area contributed by atoms with Crippen LogP contribution in [0.25, 0.3) is 0 Å². The lowest BCUT2D eigenvalue weighted by Crippen LogP contribution is -2.25. The van der Waals surface area contributed by atoms with Crippen LogP contribution in [0.1, 0.15) is 23.2 Å². The Labute approximate surface area is 86.5 Å². The highest BCUT2D eigenvalue weighted by molar-refractivity contribution is 6.32. The first-order chi connectivity index (χ1) is 6.66. The van der Waals surface area contributed by atoms with E-state index in [1.807, 2.05) is 0 Å². The highest BCUT2D eigenvalue weighted by Gasteiger charge is 2.24. The quantitative estimate of drug-likeness (QED) is 0.723. The maximum Gasteiger partial charge on any atom is 0.254 e. The molecule has 4 nitrogen and oxygen atoms in total. The minimum Gasteiger partial charge on any atom is -0.397 e. The summed E-state index contributed by atoms with van der Waals surface area (Å²) in [5, 5.41) is 3.01. The molecule has 0 atom stereocenters. The summed E-state index contributed by atoms with van der Waals surface area (Å²) in [5.74, 6) is -0.197.